The van der Waals surface area contributed by atoms with Gasteiger partial charge in [0.05, 0.1) is 12.2 Å². The largest absolute Gasteiger partial charge is 0.279 e. The molecule has 0 amide bonds. The molecule has 120 valence electrons. The molecule has 0 aliphatic heterocycles. The SMILES string of the molecule is C#CCN(Cc1cc(=O)n2ccsc2n1)[C@@H]1CCc2ccccc21. The maximum atomic E-state index is 12.2. The Labute approximate surface area is 144 Å². The molecule has 0 radical (unpaired) electrons. The van der Waals surface area contributed by atoms with Crippen molar-refractivity contribution in [3.05, 3.63) is 69.1 Å². The summed E-state index contributed by atoms with van der Waals surface area (Å²) in [6.45, 7) is 1.14. The van der Waals surface area contributed by atoms with Crippen LogP contribution in [0.5, 0.6) is 0 Å². The number of aryl methyl sites for hydroxylation is 1. The van der Waals surface area contributed by atoms with Crippen LogP contribution in [-0.2, 0) is 13.0 Å². The van der Waals surface area contributed by atoms with E-state index in [2.05, 4.69) is 40.1 Å². The third-order valence-electron chi connectivity index (χ3n) is 4.56. The predicted octanol–water partition coefficient (Wildman–Crippen LogP) is 2.88. The highest BCUT2D eigenvalue weighted by atomic mass is 32.1. The summed E-state index contributed by atoms with van der Waals surface area (Å²) in [5.74, 6) is 2.76. The number of hydrogen-bond acceptors (Lipinski definition) is 4. The molecule has 0 bridgehead atoms. The highest BCUT2D eigenvalue weighted by Gasteiger charge is 2.27. The minimum atomic E-state index is -0.0382. The van der Waals surface area contributed by atoms with Gasteiger partial charge >= 0.3 is 0 Å². The van der Waals surface area contributed by atoms with Gasteiger partial charge in [-0.05, 0) is 24.0 Å². The minimum absolute atomic E-state index is 0.0382. The van der Waals surface area contributed by atoms with Crippen LogP contribution < -0.4 is 5.56 Å². The van der Waals surface area contributed by atoms with Crippen LogP contribution in [0, 0.1) is 12.3 Å². The number of hydrogen-bond donors (Lipinski definition) is 0. The molecule has 0 N–H and O–H groups in total. The molecule has 2 heterocycles. The van der Waals surface area contributed by atoms with Gasteiger partial charge in [-0.25, -0.2) is 4.98 Å². The average Bonchev–Trinajstić information content (AvgIpc) is 3.21. The molecular weight excluding hydrogens is 318 g/mol. The van der Waals surface area contributed by atoms with E-state index in [4.69, 9.17) is 6.42 Å². The van der Waals surface area contributed by atoms with Gasteiger partial charge in [-0.15, -0.1) is 17.8 Å². The van der Waals surface area contributed by atoms with E-state index in [0.29, 0.717) is 19.1 Å². The summed E-state index contributed by atoms with van der Waals surface area (Å²) < 4.78 is 1.57. The van der Waals surface area contributed by atoms with Crippen molar-refractivity contribution >= 4 is 16.3 Å². The van der Waals surface area contributed by atoms with Crippen molar-refractivity contribution < 1.29 is 0 Å². The normalized spacial score (nSPS) is 16.4. The molecular formula is C19H17N3OS. The lowest BCUT2D eigenvalue weighted by molar-refractivity contribution is 0.211. The van der Waals surface area contributed by atoms with Crippen molar-refractivity contribution in [3.8, 4) is 12.3 Å². The van der Waals surface area contributed by atoms with E-state index in [-0.39, 0.29) is 5.56 Å². The first kappa shape index (κ1) is 15.1. The Morgan fingerprint density at radius 1 is 1.42 bits per heavy atom. The first-order valence-corrected chi connectivity index (χ1v) is 8.85. The summed E-state index contributed by atoms with van der Waals surface area (Å²) in [6, 6.07) is 10.4. The zero-order chi connectivity index (χ0) is 16.5. The van der Waals surface area contributed by atoms with E-state index in [9.17, 15) is 4.79 Å². The number of thiazole rings is 1. The van der Waals surface area contributed by atoms with Crippen molar-refractivity contribution in [2.45, 2.75) is 25.4 Å². The minimum Gasteiger partial charge on any atom is -0.279 e. The summed E-state index contributed by atoms with van der Waals surface area (Å²) in [4.78, 5) is 19.8. The van der Waals surface area contributed by atoms with Crippen LogP contribution in [0.4, 0.5) is 0 Å². The van der Waals surface area contributed by atoms with Crippen molar-refractivity contribution in [1.82, 2.24) is 14.3 Å². The topological polar surface area (TPSA) is 37.6 Å². The Morgan fingerprint density at radius 3 is 3.17 bits per heavy atom. The van der Waals surface area contributed by atoms with E-state index in [1.165, 1.54) is 22.5 Å². The maximum absolute atomic E-state index is 12.2. The lowest BCUT2D eigenvalue weighted by Crippen LogP contribution is -2.29. The molecule has 5 heteroatoms. The van der Waals surface area contributed by atoms with Crippen LogP contribution in [0.3, 0.4) is 0 Å². The Morgan fingerprint density at radius 2 is 2.29 bits per heavy atom. The van der Waals surface area contributed by atoms with E-state index in [1.54, 1.807) is 16.7 Å². The fourth-order valence-electron chi connectivity index (χ4n) is 3.48. The monoisotopic (exact) mass is 335 g/mol. The number of rotatable bonds is 4. The zero-order valence-corrected chi connectivity index (χ0v) is 14.0. The van der Waals surface area contributed by atoms with Crippen LogP contribution in [0.2, 0.25) is 0 Å². The summed E-state index contributed by atoms with van der Waals surface area (Å²) in [6.07, 6.45) is 9.48. The maximum Gasteiger partial charge on any atom is 0.258 e. The van der Waals surface area contributed by atoms with Gasteiger partial charge in [-0.1, -0.05) is 30.2 Å². The van der Waals surface area contributed by atoms with Crippen LogP contribution in [0.1, 0.15) is 29.3 Å². The van der Waals surface area contributed by atoms with Gasteiger partial charge in [-0.2, -0.15) is 0 Å². The number of benzene rings is 1. The highest BCUT2D eigenvalue weighted by Crippen LogP contribution is 2.36. The van der Waals surface area contributed by atoms with Crippen LogP contribution in [0.15, 0.2) is 46.7 Å². The molecule has 4 rings (SSSR count). The number of nitrogens with zero attached hydrogens (tertiary/aromatic N) is 3. The summed E-state index contributed by atoms with van der Waals surface area (Å²) in [5.41, 5.74) is 3.48. The van der Waals surface area contributed by atoms with E-state index in [0.717, 1.165) is 23.5 Å². The van der Waals surface area contributed by atoms with Crippen LogP contribution in [0.25, 0.3) is 4.96 Å². The smallest absolute Gasteiger partial charge is 0.258 e. The van der Waals surface area contributed by atoms with Crippen molar-refractivity contribution in [3.63, 3.8) is 0 Å². The second-order valence-electron chi connectivity index (χ2n) is 6.00. The van der Waals surface area contributed by atoms with Gasteiger partial charge in [0.2, 0.25) is 0 Å². The van der Waals surface area contributed by atoms with Crippen molar-refractivity contribution in [2.75, 3.05) is 6.54 Å². The van der Waals surface area contributed by atoms with Crippen LogP contribution >= 0.6 is 11.3 Å². The Balaban J connectivity index is 1.66. The third kappa shape index (κ3) is 2.64. The standard InChI is InChI=1S/C19H17N3OS/c1-2-9-21(17-8-7-14-5-3-4-6-16(14)17)13-15-12-18(23)22-10-11-24-19(22)20-15/h1,3-6,10-12,17H,7-9,13H2/t17-/m1/s1. The van der Waals surface area contributed by atoms with Gasteiger partial charge in [0.1, 0.15) is 0 Å². The Kier molecular flexibility index (Phi) is 3.93. The molecule has 0 spiro atoms. The van der Waals surface area contributed by atoms with E-state index >= 15 is 0 Å². The van der Waals surface area contributed by atoms with Crippen molar-refractivity contribution in [2.24, 2.45) is 0 Å². The third-order valence-corrected chi connectivity index (χ3v) is 5.31. The molecule has 1 aromatic carbocycles. The molecule has 0 fully saturated rings. The molecule has 3 aromatic rings. The van der Waals surface area contributed by atoms with Crippen LogP contribution in [-0.4, -0.2) is 20.8 Å². The van der Waals surface area contributed by atoms with Gasteiger partial charge in [0.15, 0.2) is 4.96 Å². The molecule has 24 heavy (non-hydrogen) atoms. The molecule has 1 aliphatic carbocycles. The summed E-state index contributed by atoms with van der Waals surface area (Å²) in [7, 11) is 0. The number of aromatic nitrogens is 2. The first-order chi connectivity index (χ1) is 11.8. The molecule has 2 aromatic heterocycles. The highest BCUT2D eigenvalue weighted by molar-refractivity contribution is 7.15. The number of fused-ring (bicyclic) bond motifs is 2. The van der Waals surface area contributed by atoms with E-state index < -0.39 is 0 Å². The second kappa shape index (κ2) is 6.23. The lowest BCUT2D eigenvalue weighted by Gasteiger charge is -2.27. The summed E-state index contributed by atoms with van der Waals surface area (Å²) in [5, 5.41) is 1.87. The van der Waals surface area contributed by atoms with Gasteiger partial charge in [0, 0.05) is 30.2 Å². The first-order valence-electron chi connectivity index (χ1n) is 7.97. The average molecular weight is 335 g/mol. The molecule has 4 nitrogen and oxygen atoms in total. The Bertz CT molecular complexity index is 982. The molecule has 1 atom stereocenters. The second-order valence-corrected chi connectivity index (χ2v) is 6.88. The fraction of sp³-hybridized carbons (Fsp3) is 0.263. The van der Waals surface area contributed by atoms with Gasteiger partial charge in [-0.3, -0.25) is 14.1 Å². The molecule has 1 aliphatic rings. The van der Waals surface area contributed by atoms with E-state index in [1.807, 2.05) is 5.38 Å². The quantitative estimate of drug-likeness (QED) is 0.688. The predicted molar refractivity (Wildman–Crippen MR) is 96.1 cm³/mol. The van der Waals surface area contributed by atoms with Gasteiger partial charge in [0.25, 0.3) is 5.56 Å². The van der Waals surface area contributed by atoms with Crippen molar-refractivity contribution in [1.29, 1.82) is 0 Å². The Hall–Kier alpha value is -2.42. The molecule has 0 unspecified atom stereocenters. The van der Waals surface area contributed by atoms with Gasteiger partial charge < -0.3 is 0 Å². The lowest BCUT2D eigenvalue weighted by atomic mass is 10.1. The zero-order valence-electron chi connectivity index (χ0n) is 13.2. The summed E-state index contributed by atoms with van der Waals surface area (Å²) >= 11 is 1.47. The fourth-order valence-corrected chi connectivity index (χ4v) is 4.22. The molecule has 0 saturated heterocycles. The molecule has 0 saturated carbocycles. The number of terminal acetylenes is 1.